The average molecular weight is 386 g/mol. The van der Waals surface area contributed by atoms with Gasteiger partial charge in [0.1, 0.15) is 0 Å². The second-order valence-electron chi connectivity index (χ2n) is 7.98. The van der Waals surface area contributed by atoms with Crippen LogP contribution in [0.1, 0.15) is 12.8 Å². The molecule has 2 aliphatic carbocycles. The number of likely N-dealkylation sites (tertiary alicyclic amines) is 1. The normalized spacial score (nSPS) is 26.8. The van der Waals surface area contributed by atoms with Crippen LogP contribution in [0.15, 0.2) is 72.8 Å². The molecule has 4 atom stereocenters. The second-order valence-corrected chi connectivity index (χ2v) is 7.98. The van der Waals surface area contributed by atoms with Crippen LogP contribution in [0.2, 0.25) is 0 Å². The number of anilines is 2. The molecule has 2 aromatic carbocycles. The minimum atomic E-state index is -0.216. The number of para-hydroxylation sites is 2. The highest BCUT2D eigenvalue weighted by Gasteiger charge is 2.59. The third kappa shape index (κ3) is 2.89. The summed E-state index contributed by atoms with van der Waals surface area (Å²) in [6.07, 6.45) is 5.18. The number of allylic oxidation sites excluding steroid dienone is 2. The highest BCUT2D eigenvalue weighted by molar-refractivity contribution is 6.07. The van der Waals surface area contributed by atoms with Gasteiger partial charge in [0.05, 0.1) is 11.8 Å². The van der Waals surface area contributed by atoms with Crippen LogP contribution < -0.4 is 4.90 Å². The Kier molecular flexibility index (Phi) is 4.31. The van der Waals surface area contributed by atoms with E-state index in [9.17, 15) is 14.4 Å². The van der Waals surface area contributed by atoms with Gasteiger partial charge in [0.25, 0.3) is 0 Å². The van der Waals surface area contributed by atoms with Crippen molar-refractivity contribution in [3.8, 4) is 0 Å². The standard InChI is InChI=1S/C24H22N2O3/c27-20(26(18-7-3-1-4-8-18)19-9-5-2-6-10-19)13-14-25-23(28)21-16-11-12-17(15-16)22(21)24(25)29/h1-12,16-17,21-22H,13-15H2/t16-,17-,21+,22+/m1/s1. The predicted molar refractivity (Wildman–Crippen MR) is 109 cm³/mol. The fraction of sp³-hybridized carbons (Fsp3) is 0.292. The van der Waals surface area contributed by atoms with Gasteiger partial charge in [-0.3, -0.25) is 24.2 Å². The molecule has 146 valence electrons. The molecule has 0 unspecified atom stereocenters. The summed E-state index contributed by atoms with van der Waals surface area (Å²) in [4.78, 5) is 41.9. The number of rotatable bonds is 5. The largest absolute Gasteiger partial charge is 0.282 e. The van der Waals surface area contributed by atoms with Gasteiger partial charge in [-0.25, -0.2) is 0 Å². The molecule has 2 fully saturated rings. The molecule has 0 N–H and O–H groups in total. The number of nitrogens with zero attached hydrogens (tertiary/aromatic N) is 2. The molecule has 5 heteroatoms. The van der Waals surface area contributed by atoms with Crippen molar-refractivity contribution in [3.63, 3.8) is 0 Å². The van der Waals surface area contributed by atoms with Gasteiger partial charge in [0.2, 0.25) is 17.7 Å². The monoisotopic (exact) mass is 386 g/mol. The molecular weight excluding hydrogens is 364 g/mol. The zero-order valence-electron chi connectivity index (χ0n) is 16.0. The summed E-state index contributed by atoms with van der Waals surface area (Å²) in [5.41, 5.74) is 1.53. The number of imide groups is 1. The van der Waals surface area contributed by atoms with Gasteiger partial charge in [-0.1, -0.05) is 48.6 Å². The van der Waals surface area contributed by atoms with Crippen LogP contribution in [0.4, 0.5) is 11.4 Å². The number of benzene rings is 2. The first kappa shape index (κ1) is 17.9. The van der Waals surface area contributed by atoms with E-state index in [1.807, 2.05) is 60.7 Å². The number of hydrogen-bond donors (Lipinski definition) is 0. The van der Waals surface area contributed by atoms with Gasteiger partial charge in [-0.15, -0.1) is 0 Å². The smallest absolute Gasteiger partial charge is 0.233 e. The van der Waals surface area contributed by atoms with Gasteiger partial charge < -0.3 is 0 Å². The van der Waals surface area contributed by atoms with Crippen molar-refractivity contribution >= 4 is 29.1 Å². The minimum Gasteiger partial charge on any atom is -0.282 e. The van der Waals surface area contributed by atoms with E-state index in [4.69, 9.17) is 0 Å². The van der Waals surface area contributed by atoms with Crippen molar-refractivity contribution in [3.05, 3.63) is 72.8 Å². The Morgan fingerprint density at radius 3 is 1.79 bits per heavy atom. The zero-order valence-corrected chi connectivity index (χ0v) is 16.0. The zero-order chi connectivity index (χ0) is 20.0. The fourth-order valence-electron chi connectivity index (χ4n) is 5.09. The Labute approximate surface area is 169 Å². The van der Waals surface area contributed by atoms with Crippen LogP contribution in [0, 0.1) is 23.7 Å². The lowest BCUT2D eigenvalue weighted by molar-refractivity contribution is -0.140. The van der Waals surface area contributed by atoms with Gasteiger partial charge in [0.15, 0.2) is 0 Å². The number of amides is 3. The quantitative estimate of drug-likeness (QED) is 0.583. The molecule has 0 radical (unpaired) electrons. The van der Waals surface area contributed by atoms with Gasteiger partial charge in [-0.2, -0.15) is 0 Å². The van der Waals surface area contributed by atoms with E-state index in [0.717, 1.165) is 17.8 Å². The molecule has 5 nitrogen and oxygen atoms in total. The molecule has 1 saturated carbocycles. The van der Waals surface area contributed by atoms with Crippen LogP contribution in [0.3, 0.4) is 0 Å². The van der Waals surface area contributed by atoms with E-state index in [-0.39, 0.29) is 54.4 Å². The van der Waals surface area contributed by atoms with Crippen molar-refractivity contribution in [2.45, 2.75) is 12.8 Å². The highest BCUT2D eigenvalue weighted by Crippen LogP contribution is 2.52. The van der Waals surface area contributed by atoms with Crippen molar-refractivity contribution < 1.29 is 14.4 Å². The first-order valence-electron chi connectivity index (χ1n) is 10.1. The van der Waals surface area contributed by atoms with Crippen molar-refractivity contribution in [2.24, 2.45) is 23.7 Å². The molecule has 1 saturated heterocycles. The summed E-state index contributed by atoms with van der Waals surface area (Å²) in [7, 11) is 0. The van der Waals surface area contributed by atoms with E-state index in [1.54, 1.807) is 4.90 Å². The lowest BCUT2D eigenvalue weighted by Crippen LogP contribution is -2.37. The summed E-state index contributed by atoms with van der Waals surface area (Å²) in [6, 6.07) is 18.9. The Morgan fingerprint density at radius 1 is 0.828 bits per heavy atom. The van der Waals surface area contributed by atoms with Crippen molar-refractivity contribution in [1.82, 2.24) is 4.90 Å². The maximum Gasteiger partial charge on any atom is 0.233 e. The summed E-state index contributed by atoms with van der Waals surface area (Å²) >= 11 is 0. The first-order valence-corrected chi connectivity index (χ1v) is 10.1. The summed E-state index contributed by atoms with van der Waals surface area (Å²) in [6.45, 7) is 0.138. The van der Waals surface area contributed by atoms with Crippen molar-refractivity contribution in [1.29, 1.82) is 0 Å². The average Bonchev–Trinajstić information content (AvgIpc) is 3.43. The summed E-state index contributed by atoms with van der Waals surface area (Å²) < 4.78 is 0. The molecule has 2 bridgehead atoms. The maximum atomic E-state index is 13.2. The Morgan fingerprint density at radius 2 is 1.31 bits per heavy atom. The van der Waals surface area contributed by atoms with Gasteiger partial charge >= 0.3 is 0 Å². The van der Waals surface area contributed by atoms with E-state index in [0.29, 0.717) is 0 Å². The van der Waals surface area contributed by atoms with Crippen LogP contribution >= 0.6 is 0 Å². The molecule has 1 aliphatic heterocycles. The lowest BCUT2D eigenvalue weighted by Gasteiger charge is -2.24. The van der Waals surface area contributed by atoms with Crippen LogP contribution in [0.25, 0.3) is 0 Å². The van der Waals surface area contributed by atoms with Crippen LogP contribution in [0.5, 0.6) is 0 Å². The molecule has 3 aliphatic rings. The van der Waals surface area contributed by atoms with Crippen LogP contribution in [-0.4, -0.2) is 29.2 Å². The van der Waals surface area contributed by atoms with Crippen molar-refractivity contribution in [2.75, 3.05) is 11.4 Å². The minimum absolute atomic E-state index is 0.101. The summed E-state index contributed by atoms with van der Waals surface area (Å²) in [5, 5.41) is 0. The number of fused-ring (bicyclic) bond motifs is 5. The molecular formula is C24H22N2O3. The molecule has 29 heavy (non-hydrogen) atoms. The molecule has 3 amide bonds. The lowest BCUT2D eigenvalue weighted by atomic mass is 9.85. The molecule has 2 aromatic rings. The Hall–Kier alpha value is -3.21. The molecule has 5 rings (SSSR count). The third-order valence-electron chi connectivity index (χ3n) is 6.39. The first-order chi connectivity index (χ1) is 14.1. The van der Waals surface area contributed by atoms with E-state index < -0.39 is 0 Å². The maximum absolute atomic E-state index is 13.2. The highest BCUT2D eigenvalue weighted by atomic mass is 16.2. The Balaban J connectivity index is 1.34. The second kappa shape index (κ2) is 6.99. The number of hydrogen-bond acceptors (Lipinski definition) is 3. The van der Waals surface area contributed by atoms with Crippen LogP contribution in [-0.2, 0) is 14.4 Å². The van der Waals surface area contributed by atoms with Gasteiger partial charge in [0, 0.05) is 24.3 Å². The predicted octanol–water partition coefficient (Wildman–Crippen LogP) is 3.55. The summed E-state index contributed by atoms with van der Waals surface area (Å²) in [5.74, 6) is -0.397. The number of carbonyl (C=O) groups excluding carboxylic acids is 3. The van der Waals surface area contributed by atoms with E-state index >= 15 is 0 Å². The fourth-order valence-corrected chi connectivity index (χ4v) is 5.09. The van der Waals surface area contributed by atoms with E-state index in [2.05, 4.69) is 12.2 Å². The number of carbonyl (C=O) groups is 3. The molecule has 1 heterocycles. The topological polar surface area (TPSA) is 57.7 Å². The Bertz CT molecular complexity index is 916. The third-order valence-corrected chi connectivity index (χ3v) is 6.39. The SMILES string of the molecule is O=C1[C@@H]2[C@@H](C(=O)N1CCC(=O)N(c1ccccc1)c1ccccc1)[C@@H]1C=C[C@@H]2C1. The molecule has 0 aromatic heterocycles. The molecule has 0 spiro atoms. The van der Waals surface area contributed by atoms with Gasteiger partial charge in [-0.05, 0) is 42.5 Å². The van der Waals surface area contributed by atoms with E-state index in [1.165, 1.54) is 4.90 Å².